The van der Waals surface area contributed by atoms with Crippen molar-refractivity contribution in [2.75, 3.05) is 18.5 Å². The van der Waals surface area contributed by atoms with Crippen LogP contribution in [0.4, 0.5) is 11.4 Å². The number of nitrogens with zero attached hydrogens (tertiary/aromatic N) is 1. The molecule has 118 valence electrons. The molecule has 0 amide bonds. The molecule has 0 saturated carbocycles. The van der Waals surface area contributed by atoms with Gasteiger partial charge in [-0.25, -0.2) is 0 Å². The molecule has 0 bridgehead atoms. The summed E-state index contributed by atoms with van der Waals surface area (Å²) in [7, 11) is 0. The van der Waals surface area contributed by atoms with Crippen LogP contribution in [0.3, 0.4) is 0 Å². The molecule has 1 aromatic rings. The summed E-state index contributed by atoms with van der Waals surface area (Å²) in [6.45, 7) is 0.641. The maximum atomic E-state index is 11.0. The van der Waals surface area contributed by atoms with E-state index in [1.165, 1.54) is 12.1 Å². The van der Waals surface area contributed by atoms with Crippen LogP contribution >= 0.6 is 11.6 Å². The lowest BCUT2D eigenvalue weighted by Gasteiger charge is -2.22. The number of aliphatic hydroxyl groups is 4. The molecule has 0 spiro atoms. The van der Waals surface area contributed by atoms with Crippen molar-refractivity contribution in [3.05, 3.63) is 32.8 Å². The first-order valence-electron chi connectivity index (χ1n) is 6.11. The van der Waals surface area contributed by atoms with E-state index in [-0.39, 0.29) is 17.9 Å². The van der Waals surface area contributed by atoms with E-state index in [1.807, 2.05) is 0 Å². The van der Waals surface area contributed by atoms with Gasteiger partial charge in [0.1, 0.15) is 17.9 Å². The summed E-state index contributed by atoms with van der Waals surface area (Å²) in [5, 5.41) is 50.9. The maximum Gasteiger partial charge on any atom is 0.292 e. The number of hydrogen-bond acceptors (Lipinski definition) is 7. The lowest BCUT2D eigenvalue weighted by molar-refractivity contribution is -0.384. The van der Waals surface area contributed by atoms with E-state index < -0.39 is 29.8 Å². The molecular formula is C12H17ClN2O6. The molecule has 0 aliphatic carbocycles. The summed E-state index contributed by atoms with van der Waals surface area (Å²) in [5.74, 6) is 0. The number of anilines is 1. The second-order valence-electron chi connectivity index (χ2n) is 4.56. The molecule has 1 rings (SSSR count). The van der Waals surface area contributed by atoms with E-state index in [4.69, 9.17) is 16.7 Å². The molecule has 3 atom stereocenters. The van der Waals surface area contributed by atoms with Gasteiger partial charge in [0.05, 0.1) is 17.6 Å². The average Bonchev–Trinajstić information content (AvgIpc) is 2.45. The quantitative estimate of drug-likeness (QED) is 0.353. The van der Waals surface area contributed by atoms with Gasteiger partial charge in [-0.1, -0.05) is 11.6 Å². The molecular weight excluding hydrogens is 304 g/mol. The Morgan fingerprint density at radius 2 is 1.95 bits per heavy atom. The van der Waals surface area contributed by atoms with Crippen LogP contribution in [0, 0.1) is 17.0 Å². The van der Waals surface area contributed by atoms with E-state index in [2.05, 4.69) is 5.32 Å². The predicted molar refractivity (Wildman–Crippen MR) is 76.4 cm³/mol. The first-order valence-corrected chi connectivity index (χ1v) is 6.49. The van der Waals surface area contributed by atoms with E-state index in [1.54, 1.807) is 6.92 Å². The number of nitro groups is 1. The molecule has 8 nitrogen and oxygen atoms in total. The fourth-order valence-corrected chi connectivity index (χ4v) is 1.82. The molecule has 5 N–H and O–H groups in total. The average molecular weight is 321 g/mol. The number of hydrogen-bond donors (Lipinski definition) is 5. The smallest absolute Gasteiger partial charge is 0.292 e. The summed E-state index contributed by atoms with van der Waals surface area (Å²) in [6, 6.07) is 2.63. The lowest BCUT2D eigenvalue weighted by atomic mass is 10.1. The van der Waals surface area contributed by atoms with Crippen LogP contribution in [-0.2, 0) is 0 Å². The Morgan fingerprint density at radius 3 is 2.48 bits per heavy atom. The highest BCUT2D eigenvalue weighted by Crippen LogP contribution is 2.30. The van der Waals surface area contributed by atoms with Gasteiger partial charge in [0.15, 0.2) is 0 Å². The molecule has 0 aromatic heterocycles. The second-order valence-corrected chi connectivity index (χ2v) is 4.97. The van der Waals surface area contributed by atoms with Gasteiger partial charge in [0.2, 0.25) is 0 Å². The summed E-state index contributed by atoms with van der Waals surface area (Å²) in [5.41, 5.74) is 0.395. The maximum absolute atomic E-state index is 11.0. The summed E-state index contributed by atoms with van der Waals surface area (Å²) >= 11 is 5.89. The Bertz CT molecular complexity index is 513. The van der Waals surface area contributed by atoms with Gasteiger partial charge in [0.25, 0.3) is 5.69 Å². The van der Waals surface area contributed by atoms with Crippen molar-refractivity contribution in [3.63, 3.8) is 0 Å². The van der Waals surface area contributed by atoms with Gasteiger partial charge >= 0.3 is 0 Å². The molecule has 0 aliphatic heterocycles. The lowest BCUT2D eigenvalue weighted by Crippen LogP contribution is -2.42. The second kappa shape index (κ2) is 7.53. The van der Waals surface area contributed by atoms with Crippen molar-refractivity contribution in [1.82, 2.24) is 0 Å². The van der Waals surface area contributed by atoms with Gasteiger partial charge in [-0.05, 0) is 18.6 Å². The number of benzene rings is 1. The standard InChI is InChI=1S/C12H17ClN2O6/c1-6-2-9(15(20)21)8(3-7(6)13)14-4-10(17)12(19)11(18)5-16/h2-3,10-12,14,16-19H,4-5H2,1H3. The monoisotopic (exact) mass is 320 g/mol. The molecule has 21 heavy (non-hydrogen) atoms. The first kappa shape index (κ1) is 17.6. The van der Waals surface area contributed by atoms with Crippen LogP contribution in [-0.4, -0.2) is 56.8 Å². The fraction of sp³-hybridized carbons (Fsp3) is 0.500. The molecule has 0 heterocycles. The number of rotatable bonds is 7. The van der Waals surface area contributed by atoms with Crippen molar-refractivity contribution in [2.45, 2.75) is 25.2 Å². The molecule has 0 aliphatic rings. The van der Waals surface area contributed by atoms with E-state index >= 15 is 0 Å². The van der Waals surface area contributed by atoms with Gasteiger partial charge in [-0.15, -0.1) is 0 Å². The van der Waals surface area contributed by atoms with Crippen LogP contribution in [0.25, 0.3) is 0 Å². The molecule has 0 fully saturated rings. The summed E-state index contributed by atoms with van der Waals surface area (Å²) in [4.78, 5) is 10.4. The Balaban J connectivity index is 2.84. The van der Waals surface area contributed by atoms with E-state index in [9.17, 15) is 25.4 Å². The molecule has 3 unspecified atom stereocenters. The van der Waals surface area contributed by atoms with Crippen molar-refractivity contribution >= 4 is 23.0 Å². The third-order valence-corrected chi connectivity index (χ3v) is 3.36. The fourth-order valence-electron chi connectivity index (χ4n) is 1.66. The summed E-state index contributed by atoms with van der Waals surface area (Å²) < 4.78 is 0. The zero-order valence-corrected chi connectivity index (χ0v) is 12.0. The molecule has 0 saturated heterocycles. The number of nitrogens with one attached hydrogen (secondary N) is 1. The minimum Gasteiger partial charge on any atom is -0.394 e. The number of aliphatic hydroxyl groups excluding tert-OH is 4. The van der Waals surface area contributed by atoms with Crippen molar-refractivity contribution in [2.24, 2.45) is 0 Å². The largest absolute Gasteiger partial charge is 0.394 e. The minimum atomic E-state index is -1.58. The highest BCUT2D eigenvalue weighted by atomic mass is 35.5. The minimum absolute atomic E-state index is 0.0836. The number of halogens is 1. The van der Waals surface area contributed by atoms with Crippen LogP contribution in [0.15, 0.2) is 12.1 Å². The topological polar surface area (TPSA) is 136 Å². The summed E-state index contributed by atoms with van der Waals surface area (Å²) in [6.07, 6.45) is -4.51. The van der Waals surface area contributed by atoms with Crippen LogP contribution in [0.2, 0.25) is 5.02 Å². The van der Waals surface area contributed by atoms with Crippen molar-refractivity contribution in [3.8, 4) is 0 Å². The Labute approximate surface area is 125 Å². The zero-order chi connectivity index (χ0) is 16.2. The Morgan fingerprint density at radius 1 is 1.33 bits per heavy atom. The van der Waals surface area contributed by atoms with Crippen LogP contribution < -0.4 is 5.32 Å². The number of nitro benzene ring substituents is 1. The van der Waals surface area contributed by atoms with Gasteiger partial charge < -0.3 is 25.7 Å². The number of aryl methyl sites for hydroxylation is 1. The third-order valence-electron chi connectivity index (χ3n) is 2.95. The molecule has 0 radical (unpaired) electrons. The van der Waals surface area contributed by atoms with Gasteiger partial charge in [-0.3, -0.25) is 10.1 Å². The predicted octanol–water partition coefficient (Wildman–Crippen LogP) is 0.0435. The third kappa shape index (κ3) is 4.51. The van der Waals surface area contributed by atoms with Crippen LogP contribution in [0.5, 0.6) is 0 Å². The van der Waals surface area contributed by atoms with E-state index in [0.717, 1.165) is 0 Å². The Hall–Kier alpha value is -1.45. The van der Waals surface area contributed by atoms with Crippen LogP contribution in [0.1, 0.15) is 5.56 Å². The highest BCUT2D eigenvalue weighted by molar-refractivity contribution is 6.31. The van der Waals surface area contributed by atoms with E-state index in [0.29, 0.717) is 10.6 Å². The first-order chi connectivity index (χ1) is 9.77. The highest BCUT2D eigenvalue weighted by Gasteiger charge is 2.25. The van der Waals surface area contributed by atoms with Crippen molar-refractivity contribution in [1.29, 1.82) is 0 Å². The van der Waals surface area contributed by atoms with Gasteiger partial charge in [-0.2, -0.15) is 0 Å². The zero-order valence-electron chi connectivity index (χ0n) is 11.2. The molecule has 9 heteroatoms. The molecule has 1 aromatic carbocycles. The SMILES string of the molecule is Cc1cc([N+](=O)[O-])c(NCC(O)C(O)C(O)CO)cc1Cl. The normalized spacial score (nSPS) is 15.3. The van der Waals surface area contributed by atoms with Gasteiger partial charge in [0, 0.05) is 17.6 Å². The Kier molecular flexibility index (Phi) is 6.31. The van der Waals surface area contributed by atoms with Crippen molar-refractivity contribution < 1.29 is 25.3 Å².